The lowest BCUT2D eigenvalue weighted by Gasteiger charge is -2.33. The molecule has 0 aromatic heterocycles. The number of hydrogen-bond donors (Lipinski definition) is 1. The van der Waals surface area contributed by atoms with Crippen LogP contribution in [0.5, 0.6) is 0 Å². The van der Waals surface area contributed by atoms with Crippen LogP contribution in [0.3, 0.4) is 0 Å². The molecular weight excluding hydrogens is 333 g/mol. The molecule has 4 nitrogen and oxygen atoms in total. The average Bonchev–Trinajstić information content (AvgIpc) is 2.55. The number of piperidine rings is 1. The number of hydrogen-bond acceptors (Lipinski definition) is 3. The third kappa shape index (κ3) is 7.44. The van der Waals surface area contributed by atoms with Gasteiger partial charge < -0.3 is 10.1 Å². The van der Waals surface area contributed by atoms with E-state index in [1.807, 2.05) is 24.3 Å². The fraction of sp³-hybridized carbons (Fsp3) is 0.611. The van der Waals surface area contributed by atoms with Crippen LogP contribution >= 0.6 is 0 Å². The van der Waals surface area contributed by atoms with Gasteiger partial charge in [0, 0.05) is 19.1 Å². The van der Waals surface area contributed by atoms with E-state index in [4.69, 9.17) is 0 Å². The summed E-state index contributed by atoms with van der Waals surface area (Å²) in [6.45, 7) is 2.56. The third-order valence-electron chi connectivity index (χ3n) is 4.34. The van der Waals surface area contributed by atoms with E-state index in [9.17, 15) is 18.0 Å². The first-order valence-corrected chi connectivity index (χ1v) is 8.56. The largest absolute Gasteiger partial charge is 0.411 e. The molecule has 1 aromatic carbocycles. The first-order chi connectivity index (χ1) is 11.8. The zero-order chi connectivity index (χ0) is 18.3. The van der Waals surface area contributed by atoms with Crippen molar-refractivity contribution in [2.45, 2.75) is 51.5 Å². The molecule has 1 unspecified atom stereocenters. The maximum atomic E-state index is 11.9. The van der Waals surface area contributed by atoms with Crippen LogP contribution in [-0.4, -0.2) is 42.8 Å². The third-order valence-corrected chi connectivity index (χ3v) is 4.34. The summed E-state index contributed by atoms with van der Waals surface area (Å²) in [6.07, 6.45) is -0.643. The summed E-state index contributed by atoms with van der Waals surface area (Å²) in [5, 5.41) is 2.55. The Bertz CT molecular complexity index is 546. The lowest BCUT2D eigenvalue weighted by Crippen LogP contribution is -2.36. The Morgan fingerprint density at radius 3 is 2.56 bits per heavy atom. The van der Waals surface area contributed by atoms with Crippen molar-refractivity contribution in [2.75, 3.05) is 19.8 Å². The van der Waals surface area contributed by atoms with Gasteiger partial charge in [0.1, 0.15) is 13.2 Å². The van der Waals surface area contributed by atoms with E-state index in [2.05, 4.69) is 21.9 Å². The number of rotatable bonds is 7. The van der Waals surface area contributed by atoms with Crippen molar-refractivity contribution in [1.29, 1.82) is 0 Å². The molecule has 1 N–H and O–H groups in total. The SMILES string of the molecule is CC1CCCCN1Cc1ccc(CNC(=O)COCC(F)(F)F)cc1. The number of ether oxygens (including phenoxy) is 1. The van der Waals surface area contributed by atoms with Crippen LogP contribution in [0.1, 0.15) is 37.3 Å². The average molecular weight is 358 g/mol. The number of likely N-dealkylation sites (tertiary alicyclic amines) is 1. The molecule has 1 aliphatic heterocycles. The van der Waals surface area contributed by atoms with Crippen LogP contribution in [0.4, 0.5) is 13.2 Å². The Kier molecular flexibility index (Phi) is 7.25. The van der Waals surface area contributed by atoms with Gasteiger partial charge in [0.05, 0.1) is 0 Å². The highest BCUT2D eigenvalue weighted by Crippen LogP contribution is 2.19. The number of halogens is 3. The van der Waals surface area contributed by atoms with Crippen LogP contribution in [0, 0.1) is 0 Å². The molecule has 1 atom stereocenters. The Hall–Kier alpha value is -1.60. The molecule has 1 aromatic rings. The molecule has 1 amide bonds. The van der Waals surface area contributed by atoms with Crippen molar-refractivity contribution in [1.82, 2.24) is 10.2 Å². The summed E-state index contributed by atoms with van der Waals surface area (Å²) >= 11 is 0. The molecule has 1 aliphatic rings. The number of nitrogens with one attached hydrogen (secondary N) is 1. The summed E-state index contributed by atoms with van der Waals surface area (Å²) in [5.74, 6) is -0.560. The number of benzene rings is 1. The minimum absolute atomic E-state index is 0.272. The Labute approximate surface area is 146 Å². The molecule has 1 saturated heterocycles. The number of alkyl halides is 3. The van der Waals surface area contributed by atoms with E-state index in [0.717, 1.165) is 18.7 Å². The summed E-state index contributed by atoms with van der Waals surface area (Å²) in [5.41, 5.74) is 2.12. The summed E-state index contributed by atoms with van der Waals surface area (Å²) < 4.78 is 40.1. The van der Waals surface area contributed by atoms with Crippen molar-refractivity contribution in [3.05, 3.63) is 35.4 Å². The predicted octanol–water partition coefficient (Wildman–Crippen LogP) is 3.26. The monoisotopic (exact) mass is 358 g/mol. The Morgan fingerprint density at radius 2 is 1.92 bits per heavy atom. The van der Waals surface area contributed by atoms with Crippen molar-refractivity contribution in [3.63, 3.8) is 0 Å². The van der Waals surface area contributed by atoms with Gasteiger partial charge in [-0.05, 0) is 37.4 Å². The fourth-order valence-corrected chi connectivity index (χ4v) is 2.90. The number of nitrogens with zero attached hydrogens (tertiary/aromatic N) is 1. The van der Waals surface area contributed by atoms with Gasteiger partial charge in [-0.2, -0.15) is 13.2 Å². The molecule has 0 saturated carbocycles. The zero-order valence-electron chi connectivity index (χ0n) is 14.4. The first-order valence-electron chi connectivity index (χ1n) is 8.56. The molecular formula is C18H25F3N2O2. The standard InChI is InChI=1S/C18H25F3N2O2/c1-14-4-2-3-9-23(14)11-16-7-5-15(6-8-16)10-22-17(24)12-25-13-18(19,20)21/h5-8,14H,2-4,9-13H2,1H3,(H,22,24). The van der Waals surface area contributed by atoms with Crippen molar-refractivity contribution >= 4 is 5.91 Å². The number of amides is 1. The van der Waals surface area contributed by atoms with E-state index in [1.54, 1.807) is 0 Å². The lowest BCUT2D eigenvalue weighted by atomic mass is 10.0. The van der Waals surface area contributed by atoms with Crippen molar-refractivity contribution in [2.24, 2.45) is 0 Å². The minimum Gasteiger partial charge on any atom is -0.362 e. The fourth-order valence-electron chi connectivity index (χ4n) is 2.90. The van der Waals surface area contributed by atoms with Gasteiger partial charge >= 0.3 is 6.18 Å². The Morgan fingerprint density at radius 1 is 1.24 bits per heavy atom. The van der Waals surface area contributed by atoms with E-state index in [-0.39, 0.29) is 6.54 Å². The quantitative estimate of drug-likeness (QED) is 0.814. The van der Waals surface area contributed by atoms with Crippen LogP contribution < -0.4 is 5.32 Å². The molecule has 2 rings (SSSR count). The van der Waals surface area contributed by atoms with Gasteiger partial charge in [0.2, 0.25) is 5.91 Å². The highest BCUT2D eigenvalue weighted by molar-refractivity contribution is 5.77. The molecule has 0 radical (unpaired) electrons. The van der Waals surface area contributed by atoms with E-state index in [1.165, 1.54) is 24.8 Å². The molecule has 0 spiro atoms. The molecule has 1 heterocycles. The second kappa shape index (κ2) is 9.20. The predicted molar refractivity (Wildman–Crippen MR) is 88.9 cm³/mol. The minimum atomic E-state index is -4.41. The molecule has 25 heavy (non-hydrogen) atoms. The van der Waals surface area contributed by atoms with Crippen molar-refractivity contribution in [3.8, 4) is 0 Å². The Balaban J connectivity index is 1.72. The first kappa shape index (κ1) is 19.7. The smallest absolute Gasteiger partial charge is 0.362 e. The lowest BCUT2D eigenvalue weighted by molar-refractivity contribution is -0.175. The second-order valence-corrected chi connectivity index (χ2v) is 6.52. The molecule has 7 heteroatoms. The van der Waals surface area contributed by atoms with Gasteiger partial charge in [-0.1, -0.05) is 30.7 Å². The summed E-state index contributed by atoms with van der Waals surface area (Å²) in [6, 6.07) is 8.53. The highest BCUT2D eigenvalue weighted by Gasteiger charge is 2.27. The molecule has 0 aliphatic carbocycles. The van der Waals surface area contributed by atoms with Crippen molar-refractivity contribution < 1.29 is 22.7 Å². The van der Waals surface area contributed by atoms with Crippen LogP contribution in [0.15, 0.2) is 24.3 Å². The van der Waals surface area contributed by atoms with Gasteiger partial charge in [0.25, 0.3) is 0 Å². The van der Waals surface area contributed by atoms with Crippen LogP contribution in [-0.2, 0) is 22.6 Å². The summed E-state index contributed by atoms with van der Waals surface area (Å²) in [4.78, 5) is 13.9. The summed E-state index contributed by atoms with van der Waals surface area (Å²) in [7, 11) is 0. The maximum Gasteiger partial charge on any atom is 0.411 e. The zero-order valence-corrected chi connectivity index (χ0v) is 14.4. The van der Waals surface area contributed by atoms with Crippen LogP contribution in [0.2, 0.25) is 0 Å². The second-order valence-electron chi connectivity index (χ2n) is 6.52. The molecule has 0 bridgehead atoms. The van der Waals surface area contributed by atoms with E-state index >= 15 is 0 Å². The van der Waals surface area contributed by atoms with Gasteiger partial charge in [0.15, 0.2) is 0 Å². The topological polar surface area (TPSA) is 41.6 Å². The number of carbonyl (C=O) groups is 1. The van der Waals surface area contributed by atoms with Gasteiger partial charge in [-0.15, -0.1) is 0 Å². The van der Waals surface area contributed by atoms with Gasteiger partial charge in [-0.25, -0.2) is 0 Å². The molecule has 140 valence electrons. The van der Waals surface area contributed by atoms with Gasteiger partial charge in [-0.3, -0.25) is 9.69 Å². The van der Waals surface area contributed by atoms with Crippen LogP contribution in [0.25, 0.3) is 0 Å². The van der Waals surface area contributed by atoms with E-state index < -0.39 is 25.3 Å². The molecule has 1 fully saturated rings. The maximum absolute atomic E-state index is 11.9. The number of carbonyl (C=O) groups excluding carboxylic acids is 1. The van der Waals surface area contributed by atoms with E-state index in [0.29, 0.717) is 6.04 Å². The normalized spacial score (nSPS) is 19.0. The highest BCUT2D eigenvalue weighted by atomic mass is 19.4.